The summed E-state index contributed by atoms with van der Waals surface area (Å²) in [5, 5.41) is 3.56. The van der Waals surface area contributed by atoms with Crippen molar-refractivity contribution < 1.29 is 0 Å². The van der Waals surface area contributed by atoms with Crippen molar-refractivity contribution >= 4 is 5.69 Å². The molecule has 1 aromatic carbocycles. The minimum absolute atomic E-state index is 0.704. The number of hydrogen-bond donors (Lipinski definition) is 1. The number of nitrogens with one attached hydrogen (secondary N) is 1. The molecule has 1 aliphatic heterocycles. The predicted octanol–water partition coefficient (Wildman–Crippen LogP) is 2.93. The van der Waals surface area contributed by atoms with Crippen LogP contribution in [0.25, 0.3) is 0 Å². The Kier molecular flexibility index (Phi) is 4.65. The third-order valence-corrected chi connectivity index (χ3v) is 3.56. The van der Waals surface area contributed by atoms with E-state index in [9.17, 15) is 0 Å². The topological polar surface area (TPSA) is 15.3 Å². The molecule has 0 saturated heterocycles. The van der Waals surface area contributed by atoms with Gasteiger partial charge in [0.1, 0.15) is 0 Å². The van der Waals surface area contributed by atoms with Crippen molar-refractivity contribution in [2.24, 2.45) is 11.8 Å². The van der Waals surface area contributed by atoms with E-state index in [1.165, 1.54) is 30.8 Å². The van der Waals surface area contributed by atoms with Gasteiger partial charge in [-0.15, -0.1) is 0 Å². The number of benzene rings is 1. The highest BCUT2D eigenvalue weighted by Gasteiger charge is 2.19. The molecule has 2 heteroatoms. The number of rotatable bonds is 6. The van der Waals surface area contributed by atoms with Gasteiger partial charge in [0.15, 0.2) is 0 Å². The van der Waals surface area contributed by atoms with Crippen LogP contribution in [-0.4, -0.2) is 26.2 Å². The summed E-state index contributed by atoms with van der Waals surface area (Å²) in [7, 11) is 0. The Balaban J connectivity index is 1.80. The van der Waals surface area contributed by atoms with E-state index >= 15 is 0 Å². The van der Waals surface area contributed by atoms with Crippen LogP contribution in [0.2, 0.25) is 0 Å². The number of para-hydroxylation sites is 1. The summed E-state index contributed by atoms with van der Waals surface area (Å²) in [6, 6.07) is 8.82. The zero-order valence-electron chi connectivity index (χ0n) is 11.9. The van der Waals surface area contributed by atoms with E-state index in [0.29, 0.717) is 5.92 Å². The molecule has 0 saturated carbocycles. The number of anilines is 1. The van der Waals surface area contributed by atoms with Gasteiger partial charge in [0, 0.05) is 18.8 Å². The quantitative estimate of drug-likeness (QED) is 0.830. The van der Waals surface area contributed by atoms with Gasteiger partial charge in [0.25, 0.3) is 0 Å². The zero-order valence-corrected chi connectivity index (χ0v) is 11.9. The fourth-order valence-electron chi connectivity index (χ4n) is 2.66. The second-order valence-electron chi connectivity index (χ2n) is 5.98. The fraction of sp³-hybridized carbons (Fsp3) is 0.625. The van der Waals surface area contributed by atoms with Crippen molar-refractivity contribution in [1.82, 2.24) is 5.32 Å². The molecule has 1 unspecified atom stereocenters. The summed E-state index contributed by atoms with van der Waals surface area (Å²) in [4.78, 5) is 2.54. The van der Waals surface area contributed by atoms with Gasteiger partial charge < -0.3 is 10.2 Å². The second-order valence-corrected chi connectivity index (χ2v) is 5.98. The summed E-state index contributed by atoms with van der Waals surface area (Å²) in [6.45, 7) is 11.5. The molecule has 1 aromatic rings. The second kappa shape index (κ2) is 6.24. The van der Waals surface area contributed by atoms with Crippen LogP contribution in [0.4, 0.5) is 5.69 Å². The summed E-state index contributed by atoms with van der Waals surface area (Å²) >= 11 is 0. The maximum absolute atomic E-state index is 3.56. The van der Waals surface area contributed by atoms with Gasteiger partial charge in [0.05, 0.1) is 0 Å². The molecule has 0 radical (unpaired) electrons. The highest BCUT2D eigenvalue weighted by atomic mass is 15.1. The van der Waals surface area contributed by atoms with Crippen molar-refractivity contribution in [3.05, 3.63) is 29.8 Å². The van der Waals surface area contributed by atoms with E-state index in [2.05, 4.69) is 55.3 Å². The first-order valence-electron chi connectivity index (χ1n) is 7.20. The molecule has 1 atom stereocenters. The Morgan fingerprint density at radius 3 is 2.72 bits per heavy atom. The summed E-state index contributed by atoms with van der Waals surface area (Å²) in [5.41, 5.74) is 2.97. The number of nitrogens with zero attached hydrogens (tertiary/aromatic N) is 1. The average molecular weight is 246 g/mol. The first-order valence-corrected chi connectivity index (χ1v) is 7.20. The molecule has 2 rings (SSSR count). The lowest BCUT2D eigenvalue weighted by Gasteiger charge is -2.24. The molecule has 2 nitrogen and oxygen atoms in total. The van der Waals surface area contributed by atoms with Crippen molar-refractivity contribution in [2.75, 3.05) is 31.1 Å². The molecule has 0 aliphatic carbocycles. The third kappa shape index (κ3) is 3.49. The number of hydrogen-bond acceptors (Lipinski definition) is 2. The van der Waals surface area contributed by atoms with Gasteiger partial charge in [-0.05, 0) is 43.0 Å². The molecule has 0 spiro atoms. The van der Waals surface area contributed by atoms with Crippen molar-refractivity contribution in [3.63, 3.8) is 0 Å². The van der Waals surface area contributed by atoms with Crippen LogP contribution >= 0.6 is 0 Å². The smallest absolute Gasteiger partial charge is 0.0399 e. The maximum Gasteiger partial charge on any atom is 0.0399 e. The Morgan fingerprint density at radius 2 is 1.94 bits per heavy atom. The van der Waals surface area contributed by atoms with E-state index in [4.69, 9.17) is 0 Å². The SMILES string of the molecule is CC(C)CNCC(C)CN1CCc2ccccc21. The average Bonchev–Trinajstić information content (AvgIpc) is 2.72. The molecule has 0 aromatic heterocycles. The largest absolute Gasteiger partial charge is 0.371 e. The summed E-state index contributed by atoms with van der Waals surface area (Å²) in [5.74, 6) is 1.44. The van der Waals surface area contributed by atoms with Crippen LogP contribution < -0.4 is 10.2 Å². The first-order chi connectivity index (χ1) is 8.66. The summed E-state index contributed by atoms with van der Waals surface area (Å²) < 4.78 is 0. The van der Waals surface area contributed by atoms with E-state index < -0.39 is 0 Å². The van der Waals surface area contributed by atoms with Crippen LogP contribution in [0.3, 0.4) is 0 Å². The molecule has 1 N–H and O–H groups in total. The van der Waals surface area contributed by atoms with Crippen LogP contribution in [0.5, 0.6) is 0 Å². The molecule has 0 bridgehead atoms. The van der Waals surface area contributed by atoms with Crippen molar-refractivity contribution in [2.45, 2.75) is 27.2 Å². The molecular weight excluding hydrogens is 220 g/mol. The van der Waals surface area contributed by atoms with Crippen LogP contribution in [0.1, 0.15) is 26.3 Å². The molecule has 0 amide bonds. The fourth-order valence-corrected chi connectivity index (χ4v) is 2.66. The van der Waals surface area contributed by atoms with E-state index in [1.54, 1.807) is 0 Å². The van der Waals surface area contributed by atoms with Gasteiger partial charge in [0.2, 0.25) is 0 Å². The molecule has 18 heavy (non-hydrogen) atoms. The Bertz CT molecular complexity index is 373. The Labute approximate surface area is 111 Å². The lowest BCUT2D eigenvalue weighted by atomic mass is 10.1. The van der Waals surface area contributed by atoms with Crippen LogP contribution in [-0.2, 0) is 6.42 Å². The lowest BCUT2D eigenvalue weighted by molar-refractivity contribution is 0.472. The zero-order chi connectivity index (χ0) is 13.0. The summed E-state index contributed by atoms with van der Waals surface area (Å²) in [6.07, 6.45) is 1.21. The lowest BCUT2D eigenvalue weighted by Crippen LogP contribution is -2.33. The normalized spacial score (nSPS) is 16.1. The van der Waals surface area contributed by atoms with E-state index in [1.807, 2.05) is 0 Å². The van der Waals surface area contributed by atoms with Gasteiger partial charge in [-0.2, -0.15) is 0 Å². The standard InChI is InChI=1S/C16H26N2/c1-13(2)10-17-11-14(3)12-18-9-8-15-6-4-5-7-16(15)18/h4-7,13-14,17H,8-12H2,1-3H3. The minimum Gasteiger partial charge on any atom is -0.371 e. The molecule has 1 heterocycles. The van der Waals surface area contributed by atoms with Crippen LogP contribution in [0, 0.1) is 11.8 Å². The highest BCUT2D eigenvalue weighted by Crippen LogP contribution is 2.27. The van der Waals surface area contributed by atoms with Crippen molar-refractivity contribution in [3.8, 4) is 0 Å². The van der Waals surface area contributed by atoms with Crippen molar-refractivity contribution in [1.29, 1.82) is 0 Å². The first kappa shape index (κ1) is 13.4. The Hall–Kier alpha value is -1.02. The molecule has 1 aliphatic rings. The monoisotopic (exact) mass is 246 g/mol. The molecule has 0 fully saturated rings. The third-order valence-electron chi connectivity index (χ3n) is 3.56. The Morgan fingerprint density at radius 1 is 1.17 bits per heavy atom. The van der Waals surface area contributed by atoms with Gasteiger partial charge in [-0.25, -0.2) is 0 Å². The minimum atomic E-state index is 0.704. The van der Waals surface area contributed by atoms with Crippen LogP contribution in [0.15, 0.2) is 24.3 Å². The molecule has 100 valence electrons. The predicted molar refractivity (Wildman–Crippen MR) is 79.2 cm³/mol. The maximum atomic E-state index is 3.56. The van der Waals surface area contributed by atoms with Gasteiger partial charge in [-0.3, -0.25) is 0 Å². The van der Waals surface area contributed by atoms with Gasteiger partial charge in [-0.1, -0.05) is 39.0 Å². The number of fused-ring (bicyclic) bond motifs is 1. The highest BCUT2D eigenvalue weighted by molar-refractivity contribution is 5.57. The van der Waals surface area contributed by atoms with Gasteiger partial charge >= 0.3 is 0 Å². The molecular formula is C16H26N2. The van der Waals surface area contributed by atoms with E-state index in [-0.39, 0.29) is 0 Å². The van der Waals surface area contributed by atoms with E-state index in [0.717, 1.165) is 19.0 Å².